The van der Waals surface area contributed by atoms with Crippen LogP contribution in [0.2, 0.25) is 0 Å². The van der Waals surface area contributed by atoms with E-state index in [1.807, 2.05) is 41.8 Å². The van der Waals surface area contributed by atoms with E-state index in [0.717, 1.165) is 66.4 Å². The summed E-state index contributed by atoms with van der Waals surface area (Å²) in [6, 6.07) is 51.1. The Hall–Kier alpha value is -6.50. The van der Waals surface area contributed by atoms with E-state index in [9.17, 15) is 0 Å². The smallest absolute Gasteiger partial charge is 0.162 e. The molecule has 0 bridgehead atoms. The van der Waals surface area contributed by atoms with Gasteiger partial charge < -0.3 is 0 Å². The molecule has 0 aliphatic carbocycles. The van der Waals surface area contributed by atoms with Crippen LogP contribution >= 0.6 is 11.3 Å². The van der Waals surface area contributed by atoms with E-state index in [4.69, 9.17) is 19.9 Å². The largest absolute Gasteiger partial charge is 0.277 e. The van der Waals surface area contributed by atoms with Crippen LogP contribution in [0.5, 0.6) is 0 Å². The van der Waals surface area contributed by atoms with E-state index in [-0.39, 0.29) is 0 Å². The predicted molar refractivity (Wildman–Crippen MR) is 208 cm³/mol. The van der Waals surface area contributed by atoms with Gasteiger partial charge in [0.25, 0.3) is 0 Å². The molecule has 0 saturated carbocycles. The van der Waals surface area contributed by atoms with Crippen LogP contribution in [0.15, 0.2) is 152 Å². The van der Waals surface area contributed by atoms with Crippen molar-refractivity contribution in [2.45, 2.75) is 0 Å². The molecule has 0 unspecified atom stereocenters. The Bertz CT molecular complexity index is 3110. The highest BCUT2D eigenvalue weighted by Crippen LogP contribution is 2.41. The molecule has 6 aromatic carbocycles. The first-order chi connectivity index (χ1) is 24.8. The molecular formula is C44H25N5S. The van der Waals surface area contributed by atoms with Crippen molar-refractivity contribution in [3.05, 3.63) is 152 Å². The zero-order valence-electron chi connectivity index (χ0n) is 26.6. The lowest BCUT2D eigenvalue weighted by Crippen LogP contribution is -2.04. The summed E-state index contributed by atoms with van der Waals surface area (Å²) in [6.45, 7) is 0. The summed E-state index contributed by atoms with van der Waals surface area (Å²) in [5.41, 5.74) is 6.48. The minimum absolute atomic E-state index is 0.648. The molecule has 11 rings (SSSR count). The molecule has 0 aliphatic rings. The molecule has 5 heterocycles. The number of pyridine rings is 2. The van der Waals surface area contributed by atoms with Crippen LogP contribution in [0.1, 0.15) is 0 Å². The molecule has 5 nitrogen and oxygen atoms in total. The van der Waals surface area contributed by atoms with Crippen molar-refractivity contribution in [2.75, 3.05) is 0 Å². The van der Waals surface area contributed by atoms with Gasteiger partial charge in [0.1, 0.15) is 11.2 Å². The molecule has 6 heteroatoms. The lowest BCUT2D eigenvalue weighted by atomic mass is 10.0. The van der Waals surface area contributed by atoms with Gasteiger partial charge in [0.15, 0.2) is 11.6 Å². The molecule has 11 aromatic rings. The average Bonchev–Trinajstić information content (AvgIpc) is 3.73. The van der Waals surface area contributed by atoms with Gasteiger partial charge in [-0.05, 0) is 65.4 Å². The first-order valence-electron chi connectivity index (χ1n) is 16.6. The normalized spacial score (nSPS) is 12.0. The quantitative estimate of drug-likeness (QED) is 0.178. The van der Waals surface area contributed by atoms with E-state index >= 15 is 0 Å². The monoisotopic (exact) mass is 655 g/mol. The standard InChI is InChI=1S/C44H25N5S/c1-2-10-27(11-3-1)35-21-17-28-16-20-33-41(40(28)46-35)47-42(48-44(33)49-36-15-7-6-13-31(36)32-14-8-24-45-43(32)49)29-19-22-37-34(25-29)39-30-12-5-4-9-26(30)18-23-38(39)50-37/h1-25H. The van der Waals surface area contributed by atoms with Gasteiger partial charge in [-0.3, -0.25) is 4.57 Å². The number of hydrogen-bond acceptors (Lipinski definition) is 5. The van der Waals surface area contributed by atoms with Crippen LogP contribution in [0.3, 0.4) is 0 Å². The third-order valence-corrected chi connectivity index (χ3v) is 11.0. The van der Waals surface area contributed by atoms with Crippen molar-refractivity contribution in [1.29, 1.82) is 0 Å². The summed E-state index contributed by atoms with van der Waals surface area (Å²) < 4.78 is 4.71. The molecule has 0 fully saturated rings. The minimum atomic E-state index is 0.648. The van der Waals surface area contributed by atoms with Crippen molar-refractivity contribution in [3.63, 3.8) is 0 Å². The van der Waals surface area contributed by atoms with Crippen LogP contribution in [0.25, 0.3) is 103 Å². The SMILES string of the molecule is c1ccc(-c2ccc3ccc4c(-n5c6ccccc6c6cccnc65)nc(-c5ccc6sc7ccc8ccccc8c7c6c5)nc4c3n2)cc1. The van der Waals surface area contributed by atoms with Crippen LogP contribution in [0.4, 0.5) is 0 Å². The number of nitrogens with zero attached hydrogens (tertiary/aromatic N) is 5. The Kier molecular flexibility index (Phi) is 5.76. The second-order valence-corrected chi connectivity index (χ2v) is 13.8. The van der Waals surface area contributed by atoms with Crippen LogP contribution in [-0.2, 0) is 0 Å². The molecule has 0 amide bonds. The van der Waals surface area contributed by atoms with Crippen molar-refractivity contribution in [2.24, 2.45) is 0 Å². The van der Waals surface area contributed by atoms with Crippen molar-refractivity contribution in [1.82, 2.24) is 24.5 Å². The van der Waals surface area contributed by atoms with Crippen molar-refractivity contribution in [3.8, 4) is 28.5 Å². The van der Waals surface area contributed by atoms with Gasteiger partial charge in [-0.25, -0.2) is 19.9 Å². The highest BCUT2D eigenvalue weighted by molar-refractivity contribution is 7.26. The van der Waals surface area contributed by atoms with Crippen LogP contribution in [-0.4, -0.2) is 24.5 Å². The molecule has 0 saturated heterocycles. The van der Waals surface area contributed by atoms with Crippen LogP contribution < -0.4 is 0 Å². The Labute approximate surface area is 289 Å². The summed E-state index contributed by atoms with van der Waals surface area (Å²) in [6.07, 6.45) is 1.85. The van der Waals surface area contributed by atoms with Gasteiger partial charge in [0, 0.05) is 59.0 Å². The Balaban J connectivity index is 1.26. The maximum Gasteiger partial charge on any atom is 0.162 e. The number of benzene rings is 6. The molecular weight excluding hydrogens is 631 g/mol. The highest BCUT2D eigenvalue weighted by Gasteiger charge is 2.21. The lowest BCUT2D eigenvalue weighted by Gasteiger charge is -2.14. The fourth-order valence-corrected chi connectivity index (χ4v) is 8.63. The molecule has 0 N–H and O–H groups in total. The third-order valence-electron chi connectivity index (χ3n) is 9.84. The fraction of sp³-hybridized carbons (Fsp3) is 0. The molecule has 0 spiro atoms. The lowest BCUT2D eigenvalue weighted by molar-refractivity contribution is 1.06. The van der Waals surface area contributed by atoms with Crippen molar-refractivity contribution < 1.29 is 0 Å². The number of hydrogen-bond donors (Lipinski definition) is 0. The van der Waals surface area contributed by atoms with Crippen molar-refractivity contribution >= 4 is 86.0 Å². The number of para-hydroxylation sites is 1. The Morgan fingerprint density at radius 2 is 1.26 bits per heavy atom. The zero-order valence-corrected chi connectivity index (χ0v) is 27.4. The first kappa shape index (κ1) is 27.5. The summed E-state index contributed by atoms with van der Waals surface area (Å²) in [5.74, 6) is 1.43. The van der Waals surface area contributed by atoms with E-state index in [1.165, 1.54) is 30.9 Å². The maximum absolute atomic E-state index is 5.42. The van der Waals surface area contributed by atoms with E-state index in [2.05, 4.69) is 126 Å². The van der Waals surface area contributed by atoms with E-state index < -0.39 is 0 Å². The predicted octanol–water partition coefficient (Wildman–Crippen LogP) is 11.5. The molecule has 5 aromatic heterocycles. The number of thiophene rings is 1. The van der Waals surface area contributed by atoms with Gasteiger partial charge in [0.05, 0.1) is 16.7 Å². The Morgan fingerprint density at radius 1 is 0.480 bits per heavy atom. The fourth-order valence-electron chi connectivity index (χ4n) is 7.52. The third kappa shape index (κ3) is 4.00. The number of fused-ring (bicyclic) bond motifs is 11. The molecule has 232 valence electrons. The van der Waals surface area contributed by atoms with Crippen LogP contribution in [0, 0.1) is 0 Å². The van der Waals surface area contributed by atoms with E-state index in [1.54, 1.807) is 0 Å². The average molecular weight is 656 g/mol. The molecule has 50 heavy (non-hydrogen) atoms. The minimum Gasteiger partial charge on any atom is -0.277 e. The second-order valence-electron chi connectivity index (χ2n) is 12.7. The maximum atomic E-state index is 5.42. The summed E-state index contributed by atoms with van der Waals surface area (Å²) in [7, 11) is 0. The summed E-state index contributed by atoms with van der Waals surface area (Å²) >= 11 is 1.83. The molecule has 0 radical (unpaired) electrons. The van der Waals surface area contributed by atoms with Gasteiger partial charge >= 0.3 is 0 Å². The summed E-state index contributed by atoms with van der Waals surface area (Å²) in [5, 5.41) is 9.14. The second kappa shape index (κ2) is 10.5. The molecule has 0 atom stereocenters. The Morgan fingerprint density at radius 3 is 2.20 bits per heavy atom. The zero-order chi connectivity index (χ0) is 32.8. The first-order valence-corrected chi connectivity index (χ1v) is 17.5. The van der Waals surface area contributed by atoms with Gasteiger partial charge in [0.2, 0.25) is 0 Å². The van der Waals surface area contributed by atoms with Gasteiger partial charge in [-0.1, -0.05) is 91.0 Å². The van der Waals surface area contributed by atoms with Gasteiger partial charge in [-0.2, -0.15) is 0 Å². The topological polar surface area (TPSA) is 56.5 Å². The van der Waals surface area contributed by atoms with E-state index in [0.29, 0.717) is 5.82 Å². The number of aromatic nitrogens is 5. The summed E-state index contributed by atoms with van der Waals surface area (Å²) in [4.78, 5) is 21.0. The van der Waals surface area contributed by atoms with Gasteiger partial charge in [-0.15, -0.1) is 11.3 Å². The number of rotatable bonds is 3. The molecule has 0 aliphatic heterocycles. The highest BCUT2D eigenvalue weighted by atomic mass is 32.1.